The Hall–Kier alpha value is -2.78. The van der Waals surface area contributed by atoms with E-state index >= 15 is 0 Å². The van der Waals surface area contributed by atoms with Gasteiger partial charge in [-0.05, 0) is 35.2 Å². The Kier molecular flexibility index (Phi) is 6.47. The molecule has 0 spiro atoms. The van der Waals surface area contributed by atoms with Crippen LogP contribution >= 0.6 is 0 Å². The maximum atomic E-state index is 14.6. The summed E-state index contributed by atoms with van der Waals surface area (Å²) < 4.78 is 34.3. The molecule has 1 aliphatic rings. The number of carbonyl (C=O) groups is 2. The molecule has 1 unspecified atom stereocenters. The first kappa shape index (κ1) is 22.9. The van der Waals surface area contributed by atoms with E-state index in [4.69, 9.17) is 4.74 Å². The molecule has 2 aromatic rings. The maximum Gasteiger partial charge on any atom is 0.408 e. The van der Waals surface area contributed by atoms with E-state index in [1.54, 1.807) is 19.2 Å². The van der Waals surface area contributed by atoms with Gasteiger partial charge >= 0.3 is 6.09 Å². The summed E-state index contributed by atoms with van der Waals surface area (Å²) in [4.78, 5) is 25.9. The van der Waals surface area contributed by atoms with Gasteiger partial charge < -0.3 is 15.2 Å². The van der Waals surface area contributed by atoms with Crippen LogP contribution in [0, 0.1) is 11.6 Å². The number of benzene rings is 2. The second-order valence-corrected chi connectivity index (χ2v) is 13.6. The molecule has 3 rings (SSSR count). The summed E-state index contributed by atoms with van der Waals surface area (Å²) in [7, 11) is -0.685. The Labute approximate surface area is 180 Å². The van der Waals surface area contributed by atoms with E-state index in [0.29, 0.717) is 18.6 Å². The number of carbonyl (C=O) groups excluding carboxylic acids is 1. The van der Waals surface area contributed by atoms with E-state index in [0.717, 1.165) is 28.2 Å². The predicted octanol–water partition coefficient (Wildman–Crippen LogP) is 3.87. The number of hydrogen-bond donors (Lipinski definition) is 2. The normalized spacial score (nSPS) is 16.1. The van der Waals surface area contributed by atoms with Gasteiger partial charge in [-0.15, -0.1) is 0 Å². The fourth-order valence-electron chi connectivity index (χ4n) is 4.00. The van der Waals surface area contributed by atoms with Crippen LogP contribution in [0.25, 0.3) is 0 Å². The van der Waals surface area contributed by atoms with Crippen LogP contribution < -0.4 is 10.5 Å². The van der Waals surface area contributed by atoms with E-state index < -0.39 is 37.8 Å². The monoisotopic (exact) mass is 448 g/mol. The second kappa shape index (κ2) is 8.76. The van der Waals surface area contributed by atoms with E-state index in [1.807, 2.05) is 25.7 Å². The standard InChI is InChI=1S/C22H26F2N2O4Si/c1-30-12-13-5-6-16-14(9-13)7-8-26(22(28)29)19(16)21(27)25-15-10-17(23)20(18(24)11-15)31(2,3)4/h5-6,9-11,19H,7-8,12H2,1-4H3,(H,25,27)(H,28,29). The van der Waals surface area contributed by atoms with Crippen LogP contribution in [-0.4, -0.2) is 43.7 Å². The highest BCUT2D eigenvalue weighted by Crippen LogP contribution is 2.32. The number of amides is 2. The van der Waals surface area contributed by atoms with Gasteiger partial charge in [0.2, 0.25) is 0 Å². The zero-order valence-electron chi connectivity index (χ0n) is 18.0. The molecule has 31 heavy (non-hydrogen) atoms. The van der Waals surface area contributed by atoms with Crippen molar-refractivity contribution in [2.45, 2.75) is 38.7 Å². The number of nitrogens with zero attached hydrogens (tertiary/aromatic N) is 1. The van der Waals surface area contributed by atoms with E-state index in [1.165, 1.54) is 0 Å². The molecule has 0 aromatic heterocycles. The molecule has 0 radical (unpaired) electrons. The molecule has 2 aromatic carbocycles. The van der Waals surface area contributed by atoms with Crippen LogP contribution in [-0.2, 0) is 22.6 Å². The predicted molar refractivity (Wildman–Crippen MR) is 116 cm³/mol. The minimum Gasteiger partial charge on any atom is -0.465 e. The van der Waals surface area contributed by atoms with Gasteiger partial charge in [-0.25, -0.2) is 13.6 Å². The average molecular weight is 449 g/mol. The first-order valence-corrected chi connectivity index (χ1v) is 13.4. The highest BCUT2D eigenvalue weighted by atomic mass is 28.3. The number of halogens is 2. The van der Waals surface area contributed by atoms with Crippen molar-refractivity contribution in [3.05, 3.63) is 58.7 Å². The number of rotatable bonds is 5. The van der Waals surface area contributed by atoms with E-state index in [9.17, 15) is 23.5 Å². The number of methoxy groups -OCH3 is 1. The van der Waals surface area contributed by atoms with Crippen LogP contribution in [0.2, 0.25) is 19.6 Å². The zero-order chi connectivity index (χ0) is 22.9. The summed E-state index contributed by atoms with van der Waals surface area (Å²) in [6.07, 6.45) is -0.782. The Balaban J connectivity index is 1.95. The lowest BCUT2D eigenvalue weighted by atomic mass is 9.90. The first-order valence-electron chi connectivity index (χ1n) is 9.93. The second-order valence-electron chi connectivity index (χ2n) is 8.65. The Morgan fingerprint density at radius 3 is 2.39 bits per heavy atom. The summed E-state index contributed by atoms with van der Waals surface area (Å²) in [6.45, 7) is 6.01. The summed E-state index contributed by atoms with van der Waals surface area (Å²) in [5, 5.41) is 12.2. The molecule has 0 fully saturated rings. The summed E-state index contributed by atoms with van der Waals surface area (Å²) in [6, 6.07) is 6.42. The van der Waals surface area contributed by atoms with Crippen LogP contribution in [0.1, 0.15) is 22.7 Å². The summed E-state index contributed by atoms with van der Waals surface area (Å²) in [5.74, 6) is -2.09. The number of anilines is 1. The van der Waals surface area contributed by atoms with Gasteiger partial charge in [-0.2, -0.15) is 0 Å². The minimum absolute atomic E-state index is 0.0459. The third-order valence-corrected chi connectivity index (χ3v) is 7.28. The largest absolute Gasteiger partial charge is 0.465 e. The molecule has 0 bridgehead atoms. The molecule has 2 N–H and O–H groups in total. The lowest BCUT2D eigenvalue weighted by molar-refractivity contribution is -0.121. The van der Waals surface area contributed by atoms with Crippen LogP contribution in [0.15, 0.2) is 30.3 Å². The summed E-state index contributed by atoms with van der Waals surface area (Å²) >= 11 is 0. The molecule has 1 atom stereocenters. The van der Waals surface area contributed by atoms with Crippen LogP contribution in [0.4, 0.5) is 19.3 Å². The van der Waals surface area contributed by atoms with Gasteiger partial charge in [0.25, 0.3) is 5.91 Å². The fourth-order valence-corrected chi connectivity index (χ4v) is 5.58. The molecule has 6 nitrogen and oxygen atoms in total. The first-order chi connectivity index (χ1) is 14.5. The lowest BCUT2D eigenvalue weighted by Crippen LogP contribution is -2.45. The topological polar surface area (TPSA) is 78.9 Å². The van der Waals surface area contributed by atoms with Crippen molar-refractivity contribution in [2.24, 2.45) is 0 Å². The molecular formula is C22H26F2N2O4Si. The third-order valence-electron chi connectivity index (χ3n) is 5.30. The van der Waals surface area contributed by atoms with Gasteiger partial charge in [-0.1, -0.05) is 37.8 Å². The zero-order valence-corrected chi connectivity index (χ0v) is 19.0. The molecular weight excluding hydrogens is 422 g/mol. The molecule has 1 aliphatic heterocycles. The van der Waals surface area contributed by atoms with Gasteiger partial charge in [0, 0.05) is 24.5 Å². The summed E-state index contributed by atoms with van der Waals surface area (Å²) in [5.41, 5.74) is 2.26. The average Bonchev–Trinajstić information content (AvgIpc) is 2.65. The van der Waals surface area contributed by atoms with Gasteiger partial charge in [-0.3, -0.25) is 9.69 Å². The van der Waals surface area contributed by atoms with Gasteiger partial charge in [0.15, 0.2) is 0 Å². The quantitative estimate of drug-likeness (QED) is 0.681. The van der Waals surface area contributed by atoms with Crippen molar-refractivity contribution in [1.82, 2.24) is 4.90 Å². The Morgan fingerprint density at radius 2 is 1.84 bits per heavy atom. The SMILES string of the molecule is COCc1ccc2c(c1)CCN(C(=O)O)C2C(=O)Nc1cc(F)c([Si](C)(C)C)c(F)c1. The number of hydrogen-bond acceptors (Lipinski definition) is 3. The number of fused-ring (bicyclic) bond motifs is 1. The smallest absolute Gasteiger partial charge is 0.408 e. The van der Waals surface area contributed by atoms with Crippen molar-refractivity contribution in [2.75, 3.05) is 19.0 Å². The molecule has 9 heteroatoms. The lowest BCUT2D eigenvalue weighted by Gasteiger charge is -2.34. The van der Waals surface area contributed by atoms with Crippen molar-refractivity contribution >= 4 is 30.9 Å². The molecule has 166 valence electrons. The van der Waals surface area contributed by atoms with Gasteiger partial charge in [0.1, 0.15) is 17.7 Å². The molecule has 0 saturated carbocycles. The third kappa shape index (κ3) is 4.77. The molecule has 1 heterocycles. The molecule has 0 saturated heterocycles. The molecule has 0 aliphatic carbocycles. The fraction of sp³-hybridized carbons (Fsp3) is 0.364. The van der Waals surface area contributed by atoms with E-state index in [-0.39, 0.29) is 17.4 Å². The highest BCUT2D eigenvalue weighted by molar-refractivity contribution is 6.88. The maximum absolute atomic E-state index is 14.6. The van der Waals surface area contributed by atoms with Gasteiger partial charge in [0.05, 0.1) is 14.7 Å². The van der Waals surface area contributed by atoms with Crippen molar-refractivity contribution < 1.29 is 28.2 Å². The van der Waals surface area contributed by atoms with Crippen LogP contribution in [0.5, 0.6) is 0 Å². The number of carboxylic acid groups (broad SMARTS) is 1. The van der Waals surface area contributed by atoms with Crippen LogP contribution in [0.3, 0.4) is 0 Å². The Morgan fingerprint density at radius 1 is 1.19 bits per heavy atom. The van der Waals surface area contributed by atoms with E-state index in [2.05, 4.69) is 5.32 Å². The molecule has 2 amide bonds. The van der Waals surface area contributed by atoms with Crippen molar-refractivity contribution in [3.63, 3.8) is 0 Å². The highest BCUT2D eigenvalue weighted by Gasteiger charge is 2.36. The van der Waals surface area contributed by atoms with Crippen molar-refractivity contribution in [1.29, 1.82) is 0 Å². The number of ether oxygens (including phenoxy) is 1. The minimum atomic E-state index is -2.26. The number of nitrogens with one attached hydrogen (secondary N) is 1. The Bertz CT molecular complexity index is 1000. The van der Waals surface area contributed by atoms with Crippen molar-refractivity contribution in [3.8, 4) is 0 Å².